The molecule has 6 heteroatoms. The van der Waals surface area contributed by atoms with Crippen LogP contribution >= 0.6 is 0 Å². The van der Waals surface area contributed by atoms with Gasteiger partial charge in [0.25, 0.3) is 0 Å². The number of rotatable bonds is 4. The fraction of sp³-hybridized carbons (Fsp3) is 0.350. The van der Waals surface area contributed by atoms with Gasteiger partial charge in [-0.3, -0.25) is 9.69 Å². The molecule has 0 spiro atoms. The van der Waals surface area contributed by atoms with Crippen LogP contribution in [0.5, 0.6) is 5.75 Å². The average molecular weight is 357 g/mol. The Morgan fingerprint density at radius 2 is 1.73 bits per heavy atom. The molecule has 3 rings (SSSR count). The number of piperazine rings is 1. The first kappa shape index (κ1) is 18.2. The monoisotopic (exact) mass is 357 g/mol. The molecule has 0 aromatic heterocycles. The first-order valence-electron chi connectivity index (χ1n) is 8.70. The quantitative estimate of drug-likeness (QED) is 0.913. The van der Waals surface area contributed by atoms with Crippen LogP contribution in [0.25, 0.3) is 0 Å². The molecule has 2 aromatic rings. The van der Waals surface area contributed by atoms with Crippen LogP contribution in [0.2, 0.25) is 0 Å². The van der Waals surface area contributed by atoms with E-state index in [1.165, 1.54) is 12.1 Å². The summed E-state index contributed by atoms with van der Waals surface area (Å²) >= 11 is 0. The molecule has 0 saturated carbocycles. The Labute approximate surface area is 153 Å². The van der Waals surface area contributed by atoms with E-state index in [4.69, 9.17) is 0 Å². The number of nitrogens with zero attached hydrogens (tertiary/aromatic N) is 3. The molecule has 1 saturated heterocycles. The third kappa shape index (κ3) is 3.96. The lowest BCUT2D eigenvalue weighted by Crippen LogP contribution is -2.51. The number of aromatic hydroxyl groups is 1. The van der Waals surface area contributed by atoms with Crippen molar-refractivity contribution in [3.05, 3.63) is 59.9 Å². The van der Waals surface area contributed by atoms with Crippen LogP contribution in [0.3, 0.4) is 0 Å². The Balaban J connectivity index is 1.69. The van der Waals surface area contributed by atoms with E-state index in [1.807, 2.05) is 36.0 Å². The summed E-state index contributed by atoms with van der Waals surface area (Å²) in [5.41, 5.74) is 1.70. The first-order chi connectivity index (χ1) is 12.5. The van der Waals surface area contributed by atoms with Crippen LogP contribution in [-0.2, 0) is 4.79 Å². The van der Waals surface area contributed by atoms with Crippen molar-refractivity contribution >= 4 is 11.6 Å². The fourth-order valence-electron chi connectivity index (χ4n) is 3.36. The maximum absolute atomic E-state index is 13.6. The topological polar surface area (TPSA) is 47.0 Å². The third-order valence-electron chi connectivity index (χ3n) is 4.72. The standard InChI is InChI=1S/C20H24FN3O2/c1-22(2)19(15-4-3-5-16(21)14-15)20(26)24-12-10-23(11-13-24)17-6-8-18(25)9-7-17/h3-9,14,19,25H,10-13H2,1-2H3/t19-/m1/s1. The number of phenols is 1. The number of carbonyl (C=O) groups is 1. The van der Waals surface area contributed by atoms with Gasteiger partial charge in [-0.05, 0) is 56.1 Å². The second-order valence-electron chi connectivity index (χ2n) is 6.75. The second-order valence-corrected chi connectivity index (χ2v) is 6.75. The van der Waals surface area contributed by atoms with Crippen molar-refractivity contribution < 1.29 is 14.3 Å². The maximum Gasteiger partial charge on any atom is 0.244 e. The molecular formula is C20H24FN3O2. The molecule has 1 aliphatic heterocycles. The second kappa shape index (κ2) is 7.74. The minimum absolute atomic E-state index is 0.00837. The Kier molecular flexibility index (Phi) is 5.42. The number of carbonyl (C=O) groups excluding carboxylic acids is 1. The Bertz CT molecular complexity index is 756. The van der Waals surface area contributed by atoms with E-state index < -0.39 is 6.04 Å². The van der Waals surface area contributed by atoms with Crippen LogP contribution in [0.4, 0.5) is 10.1 Å². The number of halogens is 1. The molecule has 0 radical (unpaired) electrons. The predicted molar refractivity (Wildman–Crippen MR) is 99.7 cm³/mol. The van der Waals surface area contributed by atoms with Gasteiger partial charge in [-0.15, -0.1) is 0 Å². The fourth-order valence-corrected chi connectivity index (χ4v) is 3.36. The van der Waals surface area contributed by atoms with Crippen molar-refractivity contribution in [2.45, 2.75) is 6.04 Å². The Morgan fingerprint density at radius 3 is 2.31 bits per heavy atom. The summed E-state index contributed by atoms with van der Waals surface area (Å²) in [5.74, 6) is -0.100. The van der Waals surface area contributed by atoms with Gasteiger partial charge in [0.15, 0.2) is 0 Å². The number of benzene rings is 2. The van der Waals surface area contributed by atoms with Gasteiger partial charge in [-0.1, -0.05) is 12.1 Å². The van der Waals surface area contributed by atoms with E-state index in [0.29, 0.717) is 18.7 Å². The maximum atomic E-state index is 13.6. The molecule has 1 aliphatic rings. The van der Waals surface area contributed by atoms with E-state index >= 15 is 0 Å². The predicted octanol–water partition coefficient (Wildman–Crippen LogP) is 2.48. The average Bonchev–Trinajstić information content (AvgIpc) is 2.62. The van der Waals surface area contributed by atoms with Crippen LogP contribution < -0.4 is 4.90 Å². The van der Waals surface area contributed by atoms with E-state index in [1.54, 1.807) is 24.3 Å². The number of phenolic OH excluding ortho intramolecular Hbond substituents is 1. The molecule has 0 unspecified atom stereocenters. The minimum Gasteiger partial charge on any atom is -0.508 e. The van der Waals surface area contributed by atoms with Crippen LogP contribution in [0, 0.1) is 5.82 Å². The van der Waals surface area contributed by atoms with Crippen molar-refractivity contribution in [1.29, 1.82) is 0 Å². The van der Waals surface area contributed by atoms with Gasteiger partial charge < -0.3 is 14.9 Å². The summed E-state index contributed by atoms with van der Waals surface area (Å²) in [5, 5.41) is 9.41. The lowest BCUT2D eigenvalue weighted by Gasteiger charge is -2.38. The summed E-state index contributed by atoms with van der Waals surface area (Å²) < 4.78 is 13.6. The molecule has 1 heterocycles. The van der Waals surface area contributed by atoms with E-state index in [0.717, 1.165) is 18.8 Å². The molecule has 0 aliphatic carbocycles. The summed E-state index contributed by atoms with van der Waals surface area (Å²) in [6.45, 7) is 2.67. The minimum atomic E-state index is -0.495. The van der Waals surface area contributed by atoms with Gasteiger partial charge in [0, 0.05) is 31.9 Å². The number of anilines is 1. The van der Waals surface area contributed by atoms with Crippen LogP contribution in [0.15, 0.2) is 48.5 Å². The molecule has 26 heavy (non-hydrogen) atoms. The zero-order valence-corrected chi connectivity index (χ0v) is 15.1. The summed E-state index contributed by atoms with van der Waals surface area (Å²) in [6, 6.07) is 12.8. The van der Waals surface area contributed by atoms with E-state index in [-0.39, 0.29) is 17.5 Å². The van der Waals surface area contributed by atoms with Crippen molar-refractivity contribution in [1.82, 2.24) is 9.80 Å². The van der Waals surface area contributed by atoms with E-state index in [9.17, 15) is 14.3 Å². The SMILES string of the molecule is CN(C)[C@@H](C(=O)N1CCN(c2ccc(O)cc2)CC1)c1cccc(F)c1. The van der Waals surface area contributed by atoms with Crippen molar-refractivity contribution in [3.63, 3.8) is 0 Å². The highest BCUT2D eigenvalue weighted by atomic mass is 19.1. The molecule has 1 fully saturated rings. The van der Waals surface area contributed by atoms with Gasteiger partial charge >= 0.3 is 0 Å². The Morgan fingerprint density at radius 1 is 1.08 bits per heavy atom. The van der Waals surface area contributed by atoms with Gasteiger partial charge in [-0.2, -0.15) is 0 Å². The lowest BCUT2D eigenvalue weighted by atomic mass is 10.0. The van der Waals surface area contributed by atoms with Crippen LogP contribution in [0.1, 0.15) is 11.6 Å². The third-order valence-corrected chi connectivity index (χ3v) is 4.72. The highest BCUT2D eigenvalue weighted by Crippen LogP contribution is 2.24. The molecule has 5 nitrogen and oxygen atoms in total. The number of amides is 1. The highest BCUT2D eigenvalue weighted by Gasteiger charge is 2.30. The molecule has 1 atom stereocenters. The molecule has 138 valence electrons. The van der Waals surface area contributed by atoms with Crippen molar-refractivity contribution in [2.24, 2.45) is 0 Å². The van der Waals surface area contributed by atoms with Gasteiger partial charge in [0.05, 0.1) is 0 Å². The molecule has 1 N–H and O–H groups in total. The molecule has 2 aromatic carbocycles. The lowest BCUT2D eigenvalue weighted by molar-refractivity contribution is -0.136. The van der Waals surface area contributed by atoms with Crippen molar-refractivity contribution in [2.75, 3.05) is 45.2 Å². The summed E-state index contributed by atoms with van der Waals surface area (Å²) in [7, 11) is 3.67. The van der Waals surface area contributed by atoms with Gasteiger partial charge in [0.2, 0.25) is 5.91 Å². The number of hydrogen-bond donors (Lipinski definition) is 1. The van der Waals surface area contributed by atoms with Crippen molar-refractivity contribution in [3.8, 4) is 5.75 Å². The molecule has 0 bridgehead atoms. The largest absolute Gasteiger partial charge is 0.508 e. The molecular weight excluding hydrogens is 333 g/mol. The van der Waals surface area contributed by atoms with E-state index in [2.05, 4.69) is 4.90 Å². The molecule has 1 amide bonds. The zero-order valence-electron chi connectivity index (χ0n) is 15.1. The van der Waals surface area contributed by atoms with Gasteiger partial charge in [0.1, 0.15) is 17.6 Å². The smallest absolute Gasteiger partial charge is 0.244 e. The first-order valence-corrected chi connectivity index (χ1v) is 8.70. The van der Waals surface area contributed by atoms with Gasteiger partial charge in [-0.25, -0.2) is 4.39 Å². The summed E-state index contributed by atoms with van der Waals surface area (Å²) in [6.07, 6.45) is 0. The normalized spacial score (nSPS) is 16.0. The number of hydrogen-bond acceptors (Lipinski definition) is 4. The Hall–Kier alpha value is -2.60. The summed E-state index contributed by atoms with van der Waals surface area (Å²) in [4.78, 5) is 18.9. The number of likely N-dealkylation sites (N-methyl/N-ethyl adjacent to an activating group) is 1. The highest BCUT2D eigenvalue weighted by molar-refractivity contribution is 5.83. The van der Waals surface area contributed by atoms with Crippen LogP contribution in [-0.4, -0.2) is 61.1 Å². The zero-order chi connectivity index (χ0) is 18.7.